The third-order valence-corrected chi connectivity index (χ3v) is 3.88. The Morgan fingerprint density at radius 1 is 0.833 bits per heavy atom. The molecule has 0 saturated heterocycles. The minimum atomic E-state index is 0. The summed E-state index contributed by atoms with van der Waals surface area (Å²) in [6.45, 7) is 15.2. The van der Waals surface area contributed by atoms with Crippen LogP contribution in [0, 0.1) is 48.5 Å². The van der Waals surface area contributed by atoms with Gasteiger partial charge in [-0.2, -0.15) is 45.5 Å². The molecule has 0 spiro atoms. The topological polar surface area (TPSA) is 0 Å². The predicted octanol–water partition coefficient (Wildman–Crippen LogP) is 4.97. The molecule has 0 atom stereocenters. The Hall–Kier alpha value is -0.781. The molecule has 0 unspecified atom stereocenters. The van der Waals surface area contributed by atoms with E-state index in [0.29, 0.717) is 0 Å². The van der Waals surface area contributed by atoms with Gasteiger partial charge in [-0.1, -0.05) is 48.5 Å². The van der Waals surface area contributed by atoms with E-state index < -0.39 is 0 Å². The Morgan fingerprint density at radius 3 is 1.39 bits per heavy atom. The molecule has 2 aromatic carbocycles. The third kappa shape index (κ3) is 3.86. The zero-order valence-electron chi connectivity index (χ0n) is 12.6. The minimum Gasteiger partial charge on any atom is -0.211 e. The van der Waals surface area contributed by atoms with Gasteiger partial charge in [-0.05, 0) is 0 Å². The van der Waals surface area contributed by atoms with Crippen LogP contribution in [0.4, 0.5) is 0 Å². The molecular formula is C17H24Fe. The molecule has 0 radical (unpaired) electrons. The van der Waals surface area contributed by atoms with Crippen molar-refractivity contribution in [2.75, 3.05) is 0 Å². The molecule has 0 aliphatic rings. The van der Waals surface area contributed by atoms with Crippen LogP contribution >= 0.6 is 0 Å². The summed E-state index contributed by atoms with van der Waals surface area (Å²) in [5, 5.41) is 0. The smallest absolute Gasteiger partial charge is 0.211 e. The maximum atomic E-state index is 2.20. The van der Waals surface area contributed by atoms with Crippen molar-refractivity contribution in [3.63, 3.8) is 0 Å². The molecular weight excluding hydrogens is 260 g/mol. The summed E-state index contributed by atoms with van der Waals surface area (Å²) in [5.41, 5.74) is 10.1. The van der Waals surface area contributed by atoms with Gasteiger partial charge in [0.15, 0.2) is 0 Å². The fourth-order valence-electron chi connectivity index (χ4n) is 2.12. The number of rotatable bonds is 0. The van der Waals surface area contributed by atoms with Crippen molar-refractivity contribution in [1.82, 2.24) is 0 Å². The van der Waals surface area contributed by atoms with Crippen LogP contribution in [0.3, 0.4) is 0 Å². The average molecular weight is 284 g/mol. The Balaban J connectivity index is 0.000000321. The van der Waals surface area contributed by atoms with Crippen molar-refractivity contribution < 1.29 is 17.1 Å². The molecule has 100 valence electrons. The Labute approximate surface area is 123 Å². The maximum absolute atomic E-state index is 2.20. The first-order valence-corrected chi connectivity index (χ1v) is 6.24. The fourth-order valence-corrected chi connectivity index (χ4v) is 2.12. The molecule has 0 saturated carbocycles. The first kappa shape index (κ1) is 17.2. The second-order valence-corrected chi connectivity index (χ2v) is 5.09. The van der Waals surface area contributed by atoms with Crippen molar-refractivity contribution >= 4 is 0 Å². The molecule has 0 N–H and O–H groups in total. The maximum Gasteiger partial charge on any atom is 2.00 e. The molecule has 0 aliphatic heterocycles. The third-order valence-electron chi connectivity index (χ3n) is 3.88. The standard InChI is InChI=1S/C10H15.C7H9.Fe/c1-6-7(2)9(4)10(5)8(6)3;1-6-3-4-7(2)5-6;/h1-5H3;3-5H,1-2H3;/q2*-1;+2. The van der Waals surface area contributed by atoms with E-state index >= 15 is 0 Å². The van der Waals surface area contributed by atoms with Crippen LogP contribution in [-0.2, 0) is 17.1 Å². The van der Waals surface area contributed by atoms with Crippen molar-refractivity contribution in [3.8, 4) is 0 Å². The Kier molecular flexibility index (Phi) is 6.67. The molecule has 0 amide bonds. The molecule has 0 nitrogen and oxygen atoms in total. The van der Waals surface area contributed by atoms with Crippen LogP contribution < -0.4 is 0 Å². The van der Waals surface area contributed by atoms with Gasteiger partial charge in [-0.25, -0.2) is 11.6 Å². The molecule has 1 heteroatoms. The van der Waals surface area contributed by atoms with Gasteiger partial charge in [-0.15, -0.1) is 0 Å². The van der Waals surface area contributed by atoms with E-state index in [0.717, 1.165) is 0 Å². The summed E-state index contributed by atoms with van der Waals surface area (Å²) in [4.78, 5) is 0. The van der Waals surface area contributed by atoms with Gasteiger partial charge in [0, 0.05) is 0 Å². The number of aryl methyl sites for hydroxylation is 2. The zero-order valence-corrected chi connectivity index (χ0v) is 13.7. The predicted molar refractivity (Wildman–Crippen MR) is 77.2 cm³/mol. The number of hydrogen-bond acceptors (Lipinski definition) is 0. The van der Waals surface area contributed by atoms with Crippen molar-refractivity contribution in [2.24, 2.45) is 0 Å². The average Bonchev–Trinajstić information content (AvgIpc) is 2.74. The van der Waals surface area contributed by atoms with E-state index in [1.165, 1.54) is 38.9 Å². The van der Waals surface area contributed by atoms with Crippen molar-refractivity contribution in [3.05, 3.63) is 57.1 Å². The Morgan fingerprint density at radius 2 is 1.28 bits per heavy atom. The van der Waals surface area contributed by atoms with E-state index in [1.54, 1.807) is 0 Å². The summed E-state index contributed by atoms with van der Waals surface area (Å²) in [5.74, 6) is 0. The monoisotopic (exact) mass is 284 g/mol. The first-order chi connectivity index (χ1) is 7.84. The largest absolute Gasteiger partial charge is 2.00 e. The molecule has 0 fully saturated rings. The van der Waals surface area contributed by atoms with Crippen molar-refractivity contribution in [2.45, 2.75) is 48.5 Å². The molecule has 0 aliphatic carbocycles. The van der Waals surface area contributed by atoms with Gasteiger partial charge < -0.3 is 0 Å². The molecule has 2 aromatic rings. The van der Waals surface area contributed by atoms with E-state index in [9.17, 15) is 0 Å². The number of hydrogen-bond donors (Lipinski definition) is 0. The summed E-state index contributed by atoms with van der Waals surface area (Å²) in [6.07, 6.45) is 0. The van der Waals surface area contributed by atoms with Crippen LogP contribution in [0.1, 0.15) is 38.9 Å². The quantitative estimate of drug-likeness (QED) is 0.473. The minimum absolute atomic E-state index is 0. The van der Waals surface area contributed by atoms with Gasteiger partial charge in [0.25, 0.3) is 0 Å². The normalized spacial score (nSPS) is 9.50. The van der Waals surface area contributed by atoms with E-state index in [2.05, 4.69) is 66.7 Å². The summed E-state index contributed by atoms with van der Waals surface area (Å²) in [6, 6.07) is 6.41. The molecule has 0 bridgehead atoms. The second kappa shape index (κ2) is 6.97. The summed E-state index contributed by atoms with van der Waals surface area (Å²) in [7, 11) is 0. The molecule has 18 heavy (non-hydrogen) atoms. The van der Waals surface area contributed by atoms with Gasteiger partial charge in [0.1, 0.15) is 0 Å². The van der Waals surface area contributed by atoms with E-state index in [-0.39, 0.29) is 17.1 Å². The van der Waals surface area contributed by atoms with Crippen LogP contribution in [0.5, 0.6) is 0 Å². The summed E-state index contributed by atoms with van der Waals surface area (Å²) >= 11 is 0. The van der Waals surface area contributed by atoms with Gasteiger partial charge >= 0.3 is 17.1 Å². The van der Waals surface area contributed by atoms with E-state index in [1.807, 2.05) is 0 Å². The van der Waals surface area contributed by atoms with Crippen LogP contribution in [0.15, 0.2) is 18.2 Å². The first-order valence-electron chi connectivity index (χ1n) is 6.24. The SMILES string of the molecule is Cc1c(C)c(C)[c-](C)c1C.Cc1cc[c-](C)c1.[Fe+2]. The van der Waals surface area contributed by atoms with E-state index in [4.69, 9.17) is 0 Å². The Bertz CT molecular complexity index is 401. The molecule has 0 heterocycles. The van der Waals surface area contributed by atoms with Crippen LogP contribution in [-0.4, -0.2) is 0 Å². The fraction of sp³-hybridized carbons (Fsp3) is 0.412. The zero-order chi connectivity index (χ0) is 13.2. The molecule has 2 rings (SSSR count). The van der Waals surface area contributed by atoms with Gasteiger partial charge in [0.05, 0.1) is 0 Å². The molecule has 0 aromatic heterocycles. The second-order valence-electron chi connectivity index (χ2n) is 5.09. The van der Waals surface area contributed by atoms with Gasteiger partial charge in [-0.3, -0.25) is 0 Å². The van der Waals surface area contributed by atoms with Crippen LogP contribution in [0.25, 0.3) is 0 Å². The van der Waals surface area contributed by atoms with Crippen molar-refractivity contribution in [1.29, 1.82) is 0 Å². The van der Waals surface area contributed by atoms with Crippen LogP contribution in [0.2, 0.25) is 0 Å². The van der Waals surface area contributed by atoms with Gasteiger partial charge in [0.2, 0.25) is 0 Å². The summed E-state index contributed by atoms with van der Waals surface area (Å²) < 4.78 is 0.